The van der Waals surface area contributed by atoms with Gasteiger partial charge in [0.1, 0.15) is 5.75 Å². The molecular weight excluding hydrogens is 391 g/mol. The van der Waals surface area contributed by atoms with Crippen LogP contribution in [0.25, 0.3) is 0 Å². The number of nitrogens with one attached hydrogen (secondary N) is 1. The highest BCUT2D eigenvalue weighted by molar-refractivity contribution is 7.98. The second kappa shape index (κ2) is 8.30. The Bertz CT molecular complexity index is 822. The summed E-state index contributed by atoms with van der Waals surface area (Å²) >= 11 is 1.53. The van der Waals surface area contributed by atoms with Crippen molar-refractivity contribution >= 4 is 21.8 Å². The molecule has 10 heteroatoms. The number of benzene rings is 2. The average molecular weight is 407 g/mol. The molecule has 0 radical (unpaired) electrons. The second-order valence-electron chi connectivity index (χ2n) is 5.16. The number of hydrogen-bond donors (Lipinski definition) is 2. The summed E-state index contributed by atoms with van der Waals surface area (Å²) < 4.78 is 66.6. The summed E-state index contributed by atoms with van der Waals surface area (Å²) in [6.45, 7) is -0.276. The zero-order chi connectivity index (χ0) is 19.4. The van der Waals surface area contributed by atoms with Crippen LogP contribution in [0, 0.1) is 0 Å². The highest BCUT2D eigenvalue weighted by Crippen LogP contribution is 2.24. The predicted octanol–water partition coefficient (Wildman–Crippen LogP) is 3.32. The molecule has 0 bridgehead atoms. The molecule has 0 heterocycles. The minimum Gasteiger partial charge on any atom is -0.406 e. The maximum absolute atomic E-state index is 12.2. The number of sulfonamides is 1. The number of halogens is 3. The summed E-state index contributed by atoms with van der Waals surface area (Å²) in [4.78, 5) is 0.764. The molecule has 26 heavy (non-hydrogen) atoms. The standard InChI is InChI=1S/C16H16F3NO4S2/c1-25-13-6-2-11(3-7-13)15(21)10-20-26(22,23)14-8-4-12(5-9-14)24-16(17,18)19/h2-9,15,20-21H,10H2,1H3. The number of thioether (sulfide) groups is 1. The van der Waals surface area contributed by atoms with Gasteiger partial charge < -0.3 is 9.84 Å². The van der Waals surface area contributed by atoms with Gasteiger partial charge in [-0.15, -0.1) is 24.9 Å². The zero-order valence-electron chi connectivity index (χ0n) is 13.5. The average Bonchev–Trinajstić information content (AvgIpc) is 2.59. The molecule has 2 aromatic rings. The highest BCUT2D eigenvalue weighted by Gasteiger charge is 2.31. The molecule has 0 aliphatic heterocycles. The fraction of sp³-hybridized carbons (Fsp3) is 0.250. The molecule has 0 spiro atoms. The SMILES string of the molecule is CSc1ccc(C(O)CNS(=O)(=O)c2ccc(OC(F)(F)F)cc2)cc1. The van der Waals surface area contributed by atoms with E-state index in [9.17, 15) is 26.7 Å². The topological polar surface area (TPSA) is 75.6 Å². The Morgan fingerprint density at radius 3 is 2.19 bits per heavy atom. The van der Waals surface area contributed by atoms with Crippen LogP contribution in [0.5, 0.6) is 5.75 Å². The van der Waals surface area contributed by atoms with Crippen LogP contribution >= 0.6 is 11.8 Å². The van der Waals surface area contributed by atoms with Gasteiger partial charge in [0.2, 0.25) is 10.0 Å². The summed E-state index contributed by atoms with van der Waals surface area (Å²) in [5, 5.41) is 10.1. The lowest BCUT2D eigenvalue weighted by Gasteiger charge is -2.13. The molecule has 2 N–H and O–H groups in total. The van der Waals surface area contributed by atoms with Crippen LogP contribution in [-0.4, -0.2) is 32.7 Å². The molecule has 0 aliphatic rings. The monoisotopic (exact) mass is 407 g/mol. The number of aliphatic hydroxyl groups excluding tert-OH is 1. The van der Waals surface area contributed by atoms with Gasteiger partial charge in [-0.05, 0) is 48.2 Å². The maximum Gasteiger partial charge on any atom is 0.573 e. The van der Waals surface area contributed by atoms with E-state index in [2.05, 4.69) is 9.46 Å². The fourth-order valence-electron chi connectivity index (χ4n) is 2.04. The largest absolute Gasteiger partial charge is 0.573 e. The molecule has 1 atom stereocenters. The van der Waals surface area contributed by atoms with Crippen molar-refractivity contribution in [3.05, 3.63) is 54.1 Å². The molecular formula is C16H16F3NO4S2. The number of alkyl halides is 3. The Balaban J connectivity index is 2.01. The molecule has 1 unspecified atom stereocenters. The summed E-state index contributed by atoms with van der Waals surface area (Å²) in [6.07, 6.45) is -4.01. The molecule has 0 fully saturated rings. The number of ether oxygens (including phenoxy) is 1. The molecule has 2 rings (SSSR count). The fourth-order valence-corrected chi connectivity index (χ4v) is 3.48. The lowest BCUT2D eigenvalue weighted by molar-refractivity contribution is -0.274. The van der Waals surface area contributed by atoms with E-state index < -0.39 is 28.2 Å². The van der Waals surface area contributed by atoms with Gasteiger partial charge in [0.05, 0.1) is 11.0 Å². The van der Waals surface area contributed by atoms with Crippen LogP contribution in [0.1, 0.15) is 11.7 Å². The Hall–Kier alpha value is -1.75. The first kappa shape index (κ1) is 20.6. The van der Waals surface area contributed by atoms with Gasteiger partial charge in [-0.2, -0.15) is 0 Å². The van der Waals surface area contributed by atoms with Crippen LogP contribution in [0.2, 0.25) is 0 Å². The van der Waals surface area contributed by atoms with E-state index >= 15 is 0 Å². The van der Waals surface area contributed by atoms with E-state index in [1.165, 1.54) is 11.8 Å². The first-order valence-electron chi connectivity index (χ1n) is 7.28. The van der Waals surface area contributed by atoms with Crippen LogP contribution in [0.4, 0.5) is 13.2 Å². The van der Waals surface area contributed by atoms with Gasteiger partial charge in [-0.1, -0.05) is 12.1 Å². The Morgan fingerprint density at radius 1 is 1.12 bits per heavy atom. The van der Waals surface area contributed by atoms with Crippen LogP contribution < -0.4 is 9.46 Å². The third kappa shape index (κ3) is 5.90. The highest BCUT2D eigenvalue weighted by atomic mass is 32.2. The number of hydrogen-bond acceptors (Lipinski definition) is 5. The number of rotatable bonds is 7. The smallest absolute Gasteiger partial charge is 0.406 e. The van der Waals surface area contributed by atoms with Gasteiger partial charge in [0.25, 0.3) is 0 Å². The van der Waals surface area contributed by atoms with Gasteiger partial charge in [0.15, 0.2) is 0 Å². The Labute approximate surface area is 153 Å². The first-order chi connectivity index (χ1) is 12.1. The summed E-state index contributed by atoms with van der Waals surface area (Å²) in [5.41, 5.74) is 0.541. The Kier molecular flexibility index (Phi) is 6.56. The van der Waals surface area contributed by atoms with Crippen molar-refractivity contribution in [2.24, 2.45) is 0 Å². The number of aliphatic hydroxyl groups is 1. The quantitative estimate of drug-likeness (QED) is 0.689. The van der Waals surface area contributed by atoms with E-state index in [4.69, 9.17) is 0 Å². The summed E-state index contributed by atoms with van der Waals surface area (Å²) in [7, 11) is -3.99. The van der Waals surface area contributed by atoms with Crippen molar-refractivity contribution in [2.45, 2.75) is 22.3 Å². The molecule has 0 aliphatic carbocycles. The third-order valence-electron chi connectivity index (χ3n) is 3.33. The van der Waals surface area contributed by atoms with Gasteiger partial charge >= 0.3 is 6.36 Å². The van der Waals surface area contributed by atoms with Crippen molar-refractivity contribution in [2.75, 3.05) is 12.8 Å². The molecule has 2 aromatic carbocycles. The van der Waals surface area contributed by atoms with E-state index in [1.807, 2.05) is 6.26 Å². The van der Waals surface area contributed by atoms with Crippen molar-refractivity contribution in [3.63, 3.8) is 0 Å². The summed E-state index contributed by atoms with van der Waals surface area (Å²) in [6, 6.07) is 10.8. The second-order valence-corrected chi connectivity index (χ2v) is 7.81. The minimum absolute atomic E-state index is 0.239. The third-order valence-corrected chi connectivity index (χ3v) is 5.52. The zero-order valence-corrected chi connectivity index (χ0v) is 15.2. The molecule has 0 saturated heterocycles. The van der Waals surface area contributed by atoms with E-state index in [1.54, 1.807) is 24.3 Å². The molecule has 0 amide bonds. The summed E-state index contributed by atoms with van der Waals surface area (Å²) in [5.74, 6) is -0.523. The van der Waals surface area contributed by atoms with Crippen molar-refractivity contribution in [1.82, 2.24) is 4.72 Å². The van der Waals surface area contributed by atoms with Crippen molar-refractivity contribution in [3.8, 4) is 5.75 Å². The lowest BCUT2D eigenvalue weighted by atomic mass is 10.1. The van der Waals surface area contributed by atoms with Crippen LogP contribution in [0.15, 0.2) is 58.3 Å². The van der Waals surface area contributed by atoms with Crippen molar-refractivity contribution in [1.29, 1.82) is 0 Å². The van der Waals surface area contributed by atoms with Gasteiger partial charge in [-0.25, -0.2) is 13.1 Å². The lowest BCUT2D eigenvalue weighted by Crippen LogP contribution is -2.28. The molecule has 142 valence electrons. The van der Waals surface area contributed by atoms with E-state index in [-0.39, 0.29) is 11.4 Å². The Morgan fingerprint density at radius 2 is 1.69 bits per heavy atom. The van der Waals surface area contributed by atoms with Gasteiger partial charge in [0, 0.05) is 11.4 Å². The van der Waals surface area contributed by atoms with Crippen LogP contribution in [0.3, 0.4) is 0 Å². The molecule has 0 aromatic heterocycles. The first-order valence-corrected chi connectivity index (χ1v) is 9.99. The predicted molar refractivity (Wildman–Crippen MR) is 91.5 cm³/mol. The van der Waals surface area contributed by atoms with Crippen LogP contribution in [-0.2, 0) is 10.0 Å². The molecule has 0 saturated carbocycles. The van der Waals surface area contributed by atoms with Gasteiger partial charge in [-0.3, -0.25) is 0 Å². The maximum atomic E-state index is 12.2. The molecule has 5 nitrogen and oxygen atoms in total. The minimum atomic E-state index is -4.85. The van der Waals surface area contributed by atoms with Crippen molar-refractivity contribution < 1.29 is 31.4 Å². The van der Waals surface area contributed by atoms with E-state index in [0.29, 0.717) is 5.56 Å². The normalized spacial score (nSPS) is 13.4. The van der Waals surface area contributed by atoms with E-state index in [0.717, 1.165) is 29.2 Å².